The van der Waals surface area contributed by atoms with Gasteiger partial charge in [0.2, 0.25) is 5.91 Å². The highest BCUT2D eigenvalue weighted by Gasteiger charge is 2.48. The monoisotopic (exact) mass is 355 g/mol. The second-order valence-corrected chi connectivity index (χ2v) is 7.10. The van der Waals surface area contributed by atoms with Gasteiger partial charge in [-0.15, -0.1) is 0 Å². The SMILES string of the molecule is [NH3+]CC1CCCN1C(=O)C1CC1c1ccccc1C1=C(F)C=C=C=C1F. The second kappa shape index (κ2) is 6.69. The van der Waals surface area contributed by atoms with Gasteiger partial charge in [-0.3, -0.25) is 4.79 Å². The predicted octanol–water partition coefficient (Wildman–Crippen LogP) is 2.88. The maximum Gasteiger partial charge on any atom is 0.226 e. The zero-order valence-electron chi connectivity index (χ0n) is 14.5. The van der Waals surface area contributed by atoms with Crippen LogP contribution in [0.3, 0.4) is 0 Å². The lowest BCUT2D eigenvalue weighted by Crippen LogP contribution is -2.59. The number of carbonyl (C=O) groups is 1. The van der Waals surface area contributed by atoms with E-state index in [1.165, 1.54) is 0 Å². The normalized spacial score (nSPS) is 27.1. The van der Waals surface area contributed by atoms with E-state index in [0.717, 1.165) is 44.0 Å². The standard InChI is InChI=1S/C21H20F2N2O/c22-18-8-3-9-19(23)20(18)15-7-2-1-6-14(15)16-11-17(16)21(26)25-10-4-5-13(25)12-24/h1-2,6-8,13,16-17H,4-5,10-12,24H2/p+1. The van der Waals surface area contributed by atoms with E-state index in [-0.39, 0.29) is 29.4 Å². The number of hydrogen-bond donors (Lipinski definition) is 1. The van der Waals surface area contributed by atoms with E-state index in [4.69, 9.17) is 0 Å². The first kappa shape index (κ1) is 17.0. The summed E-state index contributed by atoms with van der Waals surface area (Å²) in [5, 5.41) is 0. The van der Waals surface area contributed by atoms with Gasteiger partial charge in [0.15, 0.2) is 5.83 Å². The molecule has 1 saturated carbocycles. The summed E-state index contributed by atoms with van der Waals surface area (Å²) in [6, 6.07) is 7.41. The number of quaternary nitrogens is 1. The fraction of sp³-hybridized carbons (Fsp3) is 0.381. The second-order valence-electron chi connectivity index (χ2n) is 7.10. The van der Waals surface area contributed by atoms with Crippen LogP contribution in [0.2, 0.25) is 0 Å². The van der Waals surface area contributed by atoms with Crippen LogP contribution >= 0.6 is 0 Å². The first-order valence-electron chi connectivity index (χ1n) is 9.08. The maximum atomic E-state index is 14.2. The topological polar surface area (TPSA) is 48.0 Å². The molecule has 3 N–H and O–H groups in total. The Hall–Kier alpha value is -2.45. The first-order chi connectivity index (χ1) is 12.6. The molecule has 134 valence electrons. The molecule has 1 amide bonds. The molecule has 26 heavy (non-hydrogen) atoms. The summed E-state index contributed by atoms with van der Waals surface area (Å²) in [7, 11) is 0. The number of benzene rings is 1. The van der Waals surface area contributed by atoms with Crippen LogP contribution in [-0.4, -0.2) is 29.9 Å². The molecule has 1 aromatic carbocycles. The highest BCUT2D eigenvalue weighted by molar-refractivity contribution is 5.86. The summed E-state index contributed by atoms with van der Waals surface area (Å²) < 4.78 is 28.4. The number of rotatable bonds is 4. The lowest BCUT2D eigenvalue weighted by molar-refractivity contribution is -0.376. The maximum absolute atomic E-state index is 14.2. The molecule has 0 bridgehead atoms. The summed E-state index contributed by atoms with van der Waals surface area (Å²) in [5.41, 5.74) is 9.83. The molecule has 3 aliphatic rings. The molecular formula is C21H21F2N2O+. The van der Waals surface area contributed by atoms with Gasteiger partial charge in [0.1, 0.15) is 5.83 Å². The van der Waals surface area contributed by atoms with Crippen LogP contribution in [0.25, 0.3) is 5.57 Å². The minimum Gasteiger partial charge on any atom is -0.356 e. The third-order valence-electron chi connectivity index (χ3n) is 5.57. The van der Waals surface area contributed by atoms with Crippen LogP contribution in [0, 0.1) is 5.92 Å². The van der Waals surface area contributed by atoms with Crippen molar-refractivity contribution >= 4 is 11.5 Å². The molecule has 3 atom stereocenters. The Balaban J connectivity index is 1.61. The van der Waals surface area contributed by atoms with Crippen molar-refractivity contribution in [2.75, 3.05) is 13.1 Å². The van der Waals surface area contributed by atoms with Crippen molar-refractivity contribution in [2.45, 2.75) is 31.2 Å². The van der Waals surface area contributed by atoms with Gasteiger partial charge < -0.3 is 10.6 Å². The van der Waals surface area contributed by atoms with Crippen molar-refractivity contribution in [3.8, 4) is 0 Å². The number of carbonyl (C=O) groups excluding carboxylic acids is 1. The molecule has 0 spiro atoms. The van der Waals surface area contributed by atoms with Gasteiger partial charge in [-0.05, 0) is 42.0 Å². The molecule has 1 heterocycles. The average Bonchev–Trinajstić information content (AvgIpc) is 3.29. The number of allylic oxidation sites excluding steroid dienone is 4. The molecule has 1 aromatic rings. The summed E-state index contributed by atoms with van der Waals surface area (Å²) >= 11 is 0. The zero-order chi connectivity index (χ0) is 18.3. The Morgan fingerprint density at radius 1 is 1.31 bits per heavy atom. The molecule has 0 radical (unpaired) electrons. The smallest absolute Gasteiger partial charge is 0.226 e. The highest BCUT2D eigenvalue weighted by Crippen LogP contribution is 2.51. The molecule has 2 aliphatic carbocycles. The average molecular weight is 355 g/mol. The van der Waals surface area contributed by atoms with E-state index < -0.39 is 11.7 Å². The van der Waals surface area contributed by atoms with Gasteiger partial charge >= 0.3 is 0 Å². The molecule has 1 saturated heterocycles. The Morgan fingerprint density at radius 2 is 2.12 bits per heavy atom. The van der Waals surface area contributed by atoms with Crippen molar-refractivity contribution < 1.29 is 19.3 Å². The van der Waals surface area contributed by atoms with Gasteiger partial charge in [-0.25, -0.2) is 4.39 Å². The van der Waals surface area contributed by atoms with Gasteiger partial charge in [0.25, 0.3) is 0 Å². The Morgan fingerprint density at radius 3 is 2.88 bits per heavy atom. The van der Waals surface area contributed by atoms with Gasteiger partial charge in [-0.1, -0.05) is 30.0 Å². The zero-order valence-corrected chi connectivity index (χ0v) is 14.5. The molecule has 3 nitrogen and oxygen atoms in total. The third kappa shape index (κ3) is 2.85. The minimum atomic E-state index is -0.752. The van der Waals surface area contributed by atoms with E-state index in [1.54, 1.807) is 12.1 Å². The van der Waals surface area contributed by atoms with Crippen LogP contribution in [-0.2, 0) is 4.79 Å². The molecular weight excluding hydrogens is 334 g/mol. The van der Waals surface area contributed by atoms with Crippen molar-refractivity contribution in [3.05, 3.63) is 64.6 Å². The Kier molecular flexibility index (Phi) is 4.37. The van der Waals surface area contributed by atoms with Crippen molar-refractivity contribution in [2.24, 2.45) is 5.92 Å². The van der Waals surface area contributed by atoms with Gasteiger partial charge in [-0.2, -0.15) is 4.39 Å². The number of halogens is 2. The van der Waals surface area contributed by atoms with E-state index in [2.05, 4.69) is 17.2 Å². The van der Waals surface area contributed by atoms with Crippen LogP contribution in [0.5, 0.6) is 0 Å². The van der Waals surface area contributed by atoms with E-state index >= 15 is 0 Å². The predicted molar refractivity (Wildman–Crippen MR) is 94.0 cm³/mol. The molecule has 2 fully saturated rings. The Labute approximate surface area is 151 Å². The van der Waals surface area contributed by atoms with Crippen LogP contribution in [0.15, 0.2) is 53.5 Å². The molecule has 3 unspecified atom stereocenters. The van der Waals surface area contributed by atoms with E-state index in [0.29, 0.717) is 5.56 Å². The summed E-state index contributed by atoms with van der Waals surface area (Å²) in [5.74, 6) is -1.35. The quantitative estimate of drug-likeness (QED) is 0.830. The van der Waals surface area contributed by atoms with Crippen LogP contribution in [0.4, 0.5) is 8.78 Å². The van der Waals surface area contributed by atoms with Crippen molar-refractivity contribution in [3.63, 3.8) is 0 Å². The molecule has 0 aromatic heterocycles. The van der Waals surface area contributed by atoms with E-state index in [1.807, 2.05) is 17.0 Å². The van der Waals surface area contributed by atoms with Crippen LogP contribution in [0.1, 0.15) is 36.3 Å². The minimum absolute atomic E-state index is 0.00718. The largest absolute Gasteiger partial charge is 0.356 e. The third-order valence-corrected chi connectivity index (χ3v) is 5.57. The van der Waals surface area contributed by atoms with E-state index in [9.17, 15) is 13.6 Å². The number of hydrogen-bond acceptors (Lipinski definition) is 1. The molecule has 1 aliphatic heterocycles. The summed E-state index contributed by atoms with van der Waals surface area (Å²) in [6.45, 7) is 1.52. The summed E-state index contributed by atoms with van der Waals surface area (Å²) in [6.07, 6.45) is 3.85. The van der Waals surface area contributed by atoms with Crippen molar-refractivity contribution in [1.29, 1.82) is 0 Å². The molecule has 4 rings (SSSR count). The number of likely N-dealkylation sites (tertiary alicyclic amines) is 1. The summed E-state index contributed by atoms with van der Waals surface area (Å²) in [4.78, 5) is 14.8. The molecule has 5 heteroatoms. The number of nitrogens with zero attached hydrogens (tertiary/aromatic N) is 1. The van der Waals surface area contributed by atoms with Crippen molar-refractivity contribution in [1.82, 2.24) is 4.90 Å². The lowest BCUT2D eigenvalue weighted by atomic mass is 9.93. The lowest BCUT2D eigenvalue weighted by Gasteiger charge is -2.22. The number of amides is 1. The fourth-order valence-corrected chi connectivity index (χ4v) is 4.15. The highest BCUT2D eigenvalue weighted by atomic mass is 19.1. The fourth-order valence-electron chi connectivity index (χ4n) is 4.15. The van der Waals surface area contributed by atoms with Crippen LogP contribution < -0.4 is 5.73 Å². The Bertz CT molecular complexity index is 891. The van der Waals surface area contributed by atoms with Gasteiger partial charge in [0, 0.05) is 18.5 Å². The van der Waals surface area contributed by atoms with Gasteiger partial charge in [0.05, 0.1) is 18.2 Å². The first-order valence-corrected chi connectivity index (χ1v) is 9.08.